The fourth-order valence-corrected chi connectivity index (χ4v) is 4.63. The summed E-state index contributed by atoms with van der Waals surface area (Å²) < 4.78 is 0. The molecule has 1 heterocycles. The fourth-order valence-electron chi connectivity index (χ4n) is 4.46. The minimum atomic E-state index is -1.25. The normalized spacial score (nSPS) is 15.4. The van der Waals surface area contributed by atoms with Crippen LogP contribution in [0, 0.1) is 10.1 Å². The van der Waals surface area contributed by atoms with Gasteiger partial charge in [-0.15, -0.1) is 0 Å². The predicted octanol–water partition coefficient (Wildman–Crippen LogP) is 3.80. The summed E-state index contributed by atoms with van der Waals surface area (Å²) in [6, 6.07) is 17.1. The van der Waals surface area contributed by atoms with Crippen LogP contribution in [0.5, 0.6) is 0 Å². The van der Waals surface area contributed by atoms with Gasteiger partial charge in [0.15, 0.2) is 0 Å². The molecule has 11 nitrogen and oxygen atoms in total. The number of halogens is 1. The second kappa shape index (κ2) is 12.4. The molecule has 0 spiro atoms. The molecule has 40 heavy (non-hydrogen) atoms. The van der Waals surface area contributed by atoms with E-state index in [0.717, 1.165) is 11.6 Å². The van der Waals surface area contributed by atoms with Crippen LogP contribution in [0.25, 0.3) is 0 Å². The number of nitro benzene ring substituents is 1. The molecule has 1 aliphatic rings. The van der Waals surface area contributed by atoms with Gasteiger partial charge in [0.25, 0.3) is 11.6 Å². The Morgan fingerprint density at radius 3 is 2.40 bits per heavy atom. The summed E-state index contributed by atoms with van der Waals surface area (Å²) in [5.74, 6) is -2.65. The van der Waals surface area contributed by atoms with Gasteiger partial charge in [-0.05, 0) is 41.8 Å². The number of nitro groups is 1. The van der Waals surface area contributed by atoms with E-state index in [-0.39, 0.29) is 35.9 Å². The van der Waals surface area contributed by atoms with Gasteiger partial charge in [0.1, 0.15) is 17.6 Å². The molecule has 0 aliphatic carbocycles. The molecule has 206 valence electrons. The molecule has 12 heteroatoms. The molecule has 0 aromatic heterocycles. The number of carbonyl (C=O) groups is 4. The Morgan fingerprint density at radius 1 is 1.05 bits per heavy atom. The van der Waals surface area contributed by atoms with Crippen LogP contribution in [0.3, 0.4) is 0 Å². The SMILES string of the molecule is O=C(Nc1ccc(C[C@H](NC(=O)[C@@H]2CCC(=O)N2Cc2ccccc2)C(=O)O)cc1)c1ccc(Cl)cc1[N+](=O)[O-]. The lowest BCUT2D eigenvalue weighted by Crippen LogP contribution is -2.50. The first-order valence-electron chi connectivity index (χ1n) is 12.3. The summed E-state index contributed by atoms with van der Waals surface area (Å²) in [7, 11) is 0. The second-order valence-electron chi connectivity index (χ2n) is 9.23. The number of amides is 3. The Labute approximate surface area is 233 Å². The van der Waals surface area contributed by atoms with E-state index in [1.54, 1.807) is 12.1 Å². The molecule has 1 aliphatic heterocycles. The smallest absolute Gasteiger partial charge is 0.326 e. The van der Waals surface area contributed by atoms with Crippen LogP contribution in [-0.2, 0) is 27.3 Å². The maximum atomic E-state index is 13.0. The lowest BCUT2D eigenvalue weighted by atomic mass is 10.0. The van der Waals surface area contributed by atoms with Crippen molar-refractivity contribution in [1.82, 2.24) is 10.2 Å². The number of aliphatic carboxylic acids is 1. The predicted molar refractivity (Wildman–Crippen MR) is 146 cm³/mol. The van der Waals surface area contributed by atoms with Gasteiger partial charge < -0.3 is 20.6 Å². The Bertz CT molecular complexity index is 1450. The van der Waals surface area contributed by atoms with Gasteiger partial charge >= 0.3 is 5.97 Å². The molecule has 3 aromatic carbocycles. The highest BCUT2D eigenvalue weighted by Gasteiger charge is 2.37. The number of carboxylic acids is 1. The average Bonchev–Trinajstić information content (AvgIpc) is 3.29. The number of benzene rings is 3. The van der Waals surface area contributed by atoms with Crippen molar-refractivity contribution in [2.24, 2.45) is 0 Å². The Morgan fingerprint density at radius 2 is 1.75 bits per heavy atom. The van der Waals surface area contributed by atoms with Crippen molar-refractivity contribution in [1.29, 1.82) is 0 Å². The number of hydrogen-bond acceptors (Lipinski definition) is 6. The summed E-state index contributed by atoms with van der Waals surface area (Å²) in [6.07, 6.45) is 0.455. The molecule has 3 amide bonds. The zero-order chi connectivity index (χ0) is 28.8. The molecule has 3 N–H and O–H groups in total. The summed E-state index contributed by atoms with van der Waals surface area (Å²) in [6.45, 7) is 0.252. The first-order chi connectivity index (χ1) is 19.1. The van der Waals surface area contributed by atoms with E-state index in [1.165, 1.54) is 29.2 Å². The maximum Gasteiger partial charge on any atom is 0.326 e. The number of likely N-dealkylation sites (tertiary alicyclic amines) is 1. The van der Waals surface area contributed by atoms with Crippen LogP contribution in [0.2, 0.25) is 5.02 Å². The van der Waals surface area contributed by atoms with Crippen molar-refractivity contribution >= 4 is 46.7 Å². The van der Waals surface area contributed by atoms with Crippen LogP contribution in [-0.4, -0.2) is 50.7 Å². The summed E-state index contributed by atoms with van der Waals surface area (Å²) in [5, 5.41) is 26.3. The maximum absolute atomic E-state index is 13.0. The molecule has 1 fully saturated rings. The Hall–Kier alpha value is -4.77. The van der Waals surface area contributed by atoms with Crippen LogP contribution < -0.4 is 10.6 Å². The molecule has 4 rings (SSSR count). The number of carbonyl (C=O) groups excluding carboxylic acids is 3. The molecular weight excluding hydrogens is 540 g/mol. The molecule has 0 bridgehead atoms. The number of carboxylic acid groups (broad SMARTS) is 1. The Kier molecular flexibility index (Phi) is 8.75. The first-order valence-corrected chi connectivity index (χ1v) is 12.7. The summed E-state index contributed by atoms with van der Waals surface area (Å²) in [4.78, 5) is 62.1. The standard InChI is InChI=1S/C28H25ClN4O7/c29-19-8-11-21(24(15-19)33(39)40)26(35)30-20-9-6-17(7-10-20)14-22(28(37)38)31-27(36)23-12-13-25(34)32(23)16-18-4-2-1-3-5-18/h1-11,15,22-23H,12-14,16H2,(H,30,35)(H,31,36)(H,37,38)/t22-,23-/m0/s1. The fraction of sp³-hybridized carbons (Fsp3) is 0.214. The average molecular weight is 565 g/mol. The van der Waals surface area contributed by atoms with Gasteiger partial charge in [0.2, 0.25) is 11.8 Å². The number of rotatable bonds is 10. The largest absolute Gasteiger partial charge is 0.480 e. The highest BCUT2D eigenvalue weighted by Crippen LogP contribution is 2.25. The van der Waals surface area contributed by atoms with Crippen LogP contribution in [0.15, 0.2) is 72.8 Å². The minimum absolute atomic E-state index is 0.0443. The van der Waals surface area contributed by atoms with Crippen LogP contribution in [0.1, 0.15) is 34.3 Å². The molecule has 3 aromatic rings. The Balaban J connectivity index is 1.40. The molecule has 2 atom stereocenters. The quantitative estimate of drug-likeness (QED) is 0.249. The summed E-state index contributed by atoms with van der Waals surface area (Å²) >= 11 is 5.80. The second-order valence-corrected chi connectivity index (χ2v) is 9.67. The lowest BCUT2D eigenvalue weighted by Gasteiger charge is -2.26. The monoisotopic (exact) mass is 564 g/mol. The van der Waals surface area contributed by atoms with Gasteiger partial charge in [-0.3, -0.25) is 24.5 Å². The van der Waals surface area contributed by atoms with E-state index in [1.807, 2.05) is 30.3 Å². The molecule has 0 unspecified atom stereocenters. The molecule has 0 radical (unpaired) electrons. The third kappa shape index (κ3) is 6.80. The van der Waals surface area contributed by atoms with Crippen molar-refractivity contribution in [2.75, 3.05) is 5.32 Å². The van der Waals surface area contributed by atoms with Crippen LogP contribution >= 0.6 is 11.6 Å². The first kappa shape index (κ1) is 28.2. The third-order valence-corrected chi connectivity index (χ3v) is 6.73. The number of nitrogens with zero attached hydrogens (tertiary/aromatic N) is 2. The van der Waals surface area contributed by atoms with Crippen molar-refractivity contribution in [2.45, 2.75) is 37.9 Å². The van der Waals surface area contributed by atoms with Gasteiger partial charge in [0.05, 0.1) is 4.92 Å². The topological polar surface area (TPSA) is 159 Å². The molecule has 1 saturated heterocycles. The number of hydrogen-bond donors (Lipinski definition) is 3. The minimum Gasteiger partial charge on any atom is -0.480 e. The third-order valence-electron chi connectivity index (χ3n) is 6.49. The highest BCUT2D eigenvalue weighted by atomic mass is 35.5. The van der Waals surface area contributed by atoms with Crippen molar-refractivity contribution in [3.05, 3.63) is 105 Å². The van der Waals surface area contributed by atoms with Crippen molar-refractivity contribution < 1.29 is 29.2 Å². The number of anilines is 1. The molecule has 0 saturated carbocycles. The highest BCUT2D eigenvalue weighted by molar-refractivity contribution is 6.31. The van der Waals surface area contributed by atoms with E-state index in [9.17, 15) is 34.4 Å². The van der Waals surface area contributed by atoms with E-state index in [2.05, 4.69) is 10.6 Å². The zero-order valence-electron chi connectivity index (χ0n) is 21.1. The van der Waals surface area contributed by atoms with Gasteiger partial charge in [0, 0.05) is 36.2 Å². The van der Waals surface area contributed by atoms with Crippen molar-refractivity contribution in [3.63, 3.8) is 0 Å². The van der Waals surface area contributed by atoms with Crippen LogP contribution in [0.4, 0.5) is 11.4 Å². The van der Waals surface area contributed by atoms with Gasteiger partial charge in [-0.2, -0.15) is 0 Å². The van der Waals surface area contributed by atoms with E-state index in [0.29, 0.717) is 17.7 Å². The van der Waals surface area contributed by atoms with Gasteiger partial charge in [-0.25, -0.2) is 4.79 Å². The molecular formula is C28H25ClN4O7. The lowest BCUT2D eigenvalue weighted by molar-refractivity contribution is -0.385. The van der Waals surface area contributed by atoms with E-state index in [4.69, 9.17) is 11.6 Å². The van der Waals surface area contributed by atoms with Gasteiger partial charge in [-0.1, -0.05) is 54.1 Å². The van der Waals surface area contributed by atoms with E-state index >= 15 is 0 Å². The number of nitrogens with one attached hydrogen (secondary N) is 2. The summed E-state index contributed by atoms with van der Waals surface area (Å²) in [5.41, 5.74) is 1.15. The van der Waals surface area contributed by atoms with E-state index < -0.39 is 40.5 Å². The van der Waals surface area contributed by atoms with Crippen molar-refractivity contribution in [3.8, 4) is 0 Å². The zero-order valence-corrected chi connectivity index (χ0v) is 21.8.